The topological polar surface area (TPSA) is 33.2 Å². The summed E-state index contributed by atoms with van der Waals surface area (Å²) in [5.74, 6) is -0.157. The van der Waals surface area contributed by atoms with E-state index in [2.05, 4.69) is 4.98 Å². The summed E-state index contributed by atoms with van der Waals surface area (Å²) in [6, 6.07) is 8.42. The minimum atomic E-state index is -0.157. The molecule has 19 heavy (non-hydrogen) atoms. The van der Waals surface area contributed by atoms with Gasteiger partial charge in [-0.05, 0) is 37.3 Å². The normalized spacial score (nSPS) is 10.3. The molecular formula is C14H12Cl2N2O. The van der Waals surface area contributed by atoms with E-state index in [1.54, 1.807) is 47.6 Å². The number of hydrogen-bond acceptors (Lipinski definition) is 2. The first-order valence-corrected chi connectivity index (χ1v) is 6.56. The molecule has 2 aromatic rings. The Labute approximate surface area is 121 Å². The molecule has 0 radical (unpaired) electrons. The zero-order valence-corrected chi connectivity index (χ0v) is 11.8. The minimum absolute atomic E-state index is 0.157. The number of pyridine rings is 1. The third-order valence-corrected chi connectivity index (χ3v) is 3.25. The van der Waals surface area contributed by atoms with E-state index in [9.17, 15) is 4.79 Å². The maximum atomic E-state index is 12.5. The molecule has 0 N–H and O–H groups in total. The first kappa shape index (κ1) is 13.8. The molecule has 0 aliphatic carbocycles. The van der Waals surface area contributed by atoms with Crippen molar-refractivity contribution >= 4 is 34.8 Å². The number of anilines is 1. The van der Waals surface area contributed by atoms with E-state index >= 15 is 0 Å². The van der Waals surface area contributed by atoms with Gasteiger partial charge in [-0.15, -0.1) is 0 Å². The summed E-state index contributed by atoms with van der Waals surface area (Å²) in [5, 5.41) is 0.860. The van der Waals surface area contributed by atoms with Crippen LogP contribution in [0.2, 0.25) is 10.0 Å². The Morgan fingerprint density at radius 2 is 1.89 bits per heavy atom. The van der Waals surface area contributed by atoms with Crippen molar-refractivity contribution in [3.05, 3.63) is 58.3 Å². The third-order valence-electron chi connectivity index (χ3n) is 2.70. The second-order valence-electron chi connectivity index (χ2n) is 3.88. The van der Waals surface area contributed by atoms with Crippen LogP contribution in [-0.2, 0) is 0 Å². The summed E-state index contributed by atoms with van der Waals surface area (Å²) in [6.45, 7) is 2.45. The van der Waals surface area contributed by atoms with Gasteiger partial charge in [-0.25, -0.2) is 0 Å². The molecule has 2 rings (SSSR count). The van der Waals surface area contributed by atoms with Crippen LogP contribution in [0.3, 0.4) is 0 Å². The summed E-state index contributed by atoms with van der Waals surface area (Å²) < 4.78 is 0. The molecule has 1 aromatic heterocycles. The number of aromatic nitrogens is 1. The van der Waals surface area contributed by atoms with Crippen molar-refractivity contribution in [1.82, 2.24) is 4.98 Å². The molecule has 0 spiro atoms. The van der Waals surface area contributed by atoms with Gasteiger partial charge in [0, 0.05) is 29.6 Å². The fraction of sp³-hybridized carbons (Fsp3) is 0.143. The van der Waals surface area contributed by atoms with Crippen molar-refractivity contribution in [3.63, 3.8) is 0 Å². The Morgan fingerprint density at radius 3 is 2.47 bits per heavy atom. The van der Waals surface area contributed by atoms with Gasteiger partial charge in [-0.2, -0.15) is 0 Å². The highest BCUT2D eigenvalue weighted by molar-refractivity contribution is 6.37. The van der Waals surface area contributed by atoms with E-state index in [1.165, 1.54) is 0 Å². The predicted octanol–water partition coefficient (Wildman–Crippen LogP) is 4.06. The van der Waals surface area contributed by atoms with Crippen LogP contribution in [0.5, 0.6) is 0 Å². The Kier molecular flexibility index (Phi) is 4.40. The number of carbonyl (C=O) groups excluding carboxylic acids is 1. The molecule has 5 heteroatoms. The number of rotatable bonds is 3. The van der Waals surface area contributed by atoms with Gasteiger partial charge in [0.05, 0.1) is 10.6 Å². The van der Waals surface area contributed by atoms with Crippen LogP contribution in [0.15, 0.2) is 42.7 Å². The molecule has 98 valence electrons. The Morgan fingerprint density at radius 1 is 1.21 bits per heavy atom. The second kappa shape index (κ2) is 6.04. The fourth-order valence-corrected chi connectivity index (χ4v) is 2.27. The molecule has 0 saturated heterocycles. The third kappa shape index (κ3) is 3.06. The molecule has 0 unspecified atom stereocenters. The highest BCUT2D eigenvalue weighted by Gasteiger charge is 2.18. The summed E-state index contributed by atoms with van der Waals surface area (Å²) in [6.07, 6.45) is 3.30. The van der Waals surface area contributed by atoms with Crippen LogP contribution in [0.25, 0.3) is 0 Å². The molecule has 0 fully saturated rings. The molecule has 0 aliphatic rings. The van der Waals surface area contributed by atoms with Crippen molar-refractivity contribution in [2.75, 3.05) is 11.4 Å². The molecule has 1 heterocycles. The van der Waals surface area contributed by atoms with Gasteiger partial charge >= 0.3 is 0 Å². The van der Waals surface area contributed by atoms with Crippen LogP contribution in [0, 0.1) is 0 Å². The zero-order chi connectivity index (χ0) is 13.8. The number of carbonyl (C=O) groups is 1. The largest absolute Gasteiger partial charge is 0.308 e. The number of benzene rings is 1. The minimum Gasteiger partial charge on any atom is -0.308 e. The smallest absolute Gasteiger partial charge is 0.259 e. The Balaban J connectivity index is 2.36. The second-order valence-corrected chi connectivity index (χ2v) is 4.72. The van der Waals surface area contributed by atoms with Gasteiger partial charge in [0.1, 0.15) is 0 Å². The lowest BCUT2D eigenvalue weighted by molar-refractivity contribution is 0.0988. The molecule has 0 atom stereocenters. The lowest BCUT2D eigenvalue weighted by atomic mass is 10.2. The maximum Gasteiger partial charge on any atom is 0.259 e. The summed E-state index contributed by atoms with van der Waals surface area (Å²) in [7, 11) is 0. The first-order valence-electron chi connectivity index (χ1n) is 5.80. The Bertz CT molecular complexity index is 587. The lowest BCUT2D eigenvalue weighted by Gasteiger charge is -2.21. The molecule has 3 nitrogen and oxygen atoms in total. The highest BCUT2D eigenvalue weighted by atomic mass is 35.5. The van der Waals surface area contributed by atoms with Crippen molar-refractivity contribution in [3.8, 4) is 0 Å². The number of nitrogens with zero attached hydrogens (tertiary/aromatic N) is 2. The van der Waals surface area contributed by atoms with Crippen LogP contribution in [-0.4, -0.2) is 17.4 Å². The van der Waals surface area contributed by atoms with Crippen molar-refractivity contribution in [2.24, 2.45) is 0 Å². The molecule has 0 aliphatic heterocycles. The van der Waals surface area contributed by atoms with Crippen LogP contribution in [0.1, 0.15) is 17.3 Å². The van der Waals surface area contributed by atoms with Gasteiger partial charge in [0.2, 0.25) is 0 Å². The van der Waals surface area contributed by atoms with E-state index < -0.39 is 0 Å². The first-order chi connectivity index (χ1) is 9.13. The average molecular weight is 295 g/mol. The van der Waals surface area contributed by atoms with E-state index in [0.717, 1.165) is 5.69 Å². The number of hydrogen-bond donors (Lipinski definition) is 0. The van der Waals surface area contributed by atoms with Crippen molar-refractivity contribution in [1.29, 1.82) is 0 Å². The van der Waals surface area contributed by atoms with Gasteiger partial charge in [-0.3, -0.25) is 9.78 Å². The van der Waals surface area contributed by atoms with Gasteiger partial charge in [0.25, 0.3) is 5.91 Å². The lowest BCUT2D eigenvalue weighted by Crippen LogP contribution is -2.30. The van der Waals surface area contributed by atoms with E-state index in [0.29, 0.717) is 22.2 Å². The molecule has 1 amide bonds. The summed E-state index contributed by atoms with van der Waals surface area (Å²) in [4.78, 5) is 18.1. The zero-order valence-electron chi connectivity index (χ0n) is 10.3. The summed E-state index contributed by atoms with van der Waals surface area (Å²) >= 11 is 11.9. The number of halogens is 2. The van der Waals surface area contributed by atoms with Crippen LogP contribution >= 0.6 is 23.2 Å². The van der Waals surface area contributed by atoms with Gasteiger partial charge in [0.15, 0.2) is 0 Å². The average Bonchev–Trinajstić information content (AvgIpc) is 2.40. The Hall–Kier alpha value is -1.58. The standard InChI is InChI=1S/C14H12Cl2N2O/c1-2-18(11-5-7-17-8-6-11)14(19)12-4-3-10(15)9-13(12)16/h3-9H,2H2,1H3. The predicted molar refractivity (Wildman–Crippen MR) is 78.0 cm³/mol. The van der Waals surface area contributed by atoms with E-state index in [4.69, 9.17) is 23.2 Å². The van der Waals surface area contributed by atoms with Gasteiger partial charge < -0.3 is 4.90 Å². The van der Waals surface area contributed by atoms with Crippen LogP contribution in [0.4, 0.5) is 5.69 Å². The van der Waals surface area contributed by atoms with Crippen LogP contribution < -0.4 is 4.90 Å². The maximum absolute atomic E-state index is 12.5. The summed E-state index contributed by atoms with van der Waals surface area (Å²) in [5.41, 5.74) is 1.22. The van der Waals surface area contributed by atoms with Gasteiger partial charge in [-0.1, -0.05) is 23.2 Å². The van der Waals surface area contributed by atoms with E-state index in [-0.39, 0.29) is 5.91 Å². The van der Waals surface area contributed by atoms with Crippen molar-refractivity contribution in [2.45, 2.75) is 6.92 Å². The number of amides is 1. The highest BCUT2D eigenvalue weighted by Crippen LogP contribution is 2.24. The van der Waals surface area contributed by atoms with E-state index in [1.807, 2.05) is 6.92 Å². The quantitative estimate of drug-likeness (QED) is 0.855. The molecular weight excluding hydrogens is 283 g/mol. The fourth-order valence-electron chi connectivity index (χ4n) is 1.78. The monoisotopic (exact) mass is 294 g/mol. The SMILES string of the molecule is CCN(C(=O)c1ccc(Cl)cc1Cl)c1ccncc1. The molecule has 0 bridgehead atoms. The van der Waals surface area contributed by atoms with Crippen molar-refractivity contribution < 1.29 is 4.79 Å². The molecule has 1 aromatic carbocycles. The molecule has 0 saturated carbocycles.